The fourth-order valence-corrected chi connectivity index (χ4v) is 1.24. The second-order valence-corrected chi connectivity index (χ2v) is 4.90. The van der Waals surface area contributed by atoms with E-state index in [9.17, 15) is 4.79 Å². The number of halogens is 1. The van der Waals surface area contributed by atoms with Crippen LogP contribution in [0.5, 0.6) is 0 Å². The van der Waals surface area contributed by atoms with Crippen molar-refractivity contribution in [2.75, 3.05) is 5.32 Å². The quantitative estimate of drug-likeness (QED) is 0.823. The number of amides is 1. The molecule has 0 saturated carbocycles. The van der Waals surface area contributed by atoms with Gasteiger partial charge in [0.25, 0.3) is 0 Å². The molecule has 16 heavy (non-hydrogen) atoms. The van der Waals surface area contributed by atoms with E-state index >= 15 is 0 Å². The zero-order valence-electron chi connectivity index (χ0n) is 10.1. The van der Waals surface area contributed by atoms with Gasteiger partial charge in [-0.2, -0.15) is 0 Å². The number of nitrogens with one attached hydrogen (secondary N) is 1. The Bertz CT molecular complexity index is 402. The molecule has 1 aromatic rings. The van der Waals surface area contributed by atoms with E-state index in [4.69, 9.17) is 11.6 Å². The third-order valence-corrected chi connectivity index (χ3v) is 3.02. The molecule has 0 spiro atoms. The molecule has 0 radical (unpaired) electrons. The number of carbonyl (C=O) groups is 1. The summed E-state index contributed by atoms with van der Waals surface area (Å²) in [6, 6.07) is 1.82. The van der Waals surface area contributed by atoms with Gasteiger partial charge in [0.05, 0.1) is 5.69 Å². The van der Waals surface area contributed by atoms with E-state index in [2.05, 4.69) is 10.3 Å². The molecule has 0 unspecified atom stereocenters. The van der Waals surface area contributed by atoms with E-state index in [1.54, 1.807) is 6.20 Å². The van der Waals surface area contributed by atoms with E-state index < -0.39 is 5.41 Å². The maximum Gasteiger partial charge on any atom is 0.230 e. The lowest BCUT2D eigenvalue weighted by molar-refractivity contribution is -0.124. The zero-order valence-corrected chi connectivity index (χ0v) is 10.9. The van der Waals surface area contributed by atoms with Gasteiger partial charge in [0.15, 0.2) is 5.15 Å². The first-order valence-corrected chi connectivity index (χ1v) is 5.68. The summed E-state index contributed by atoms with van der Waals surface area (Å²) in [6.07, 6.45) is 2.44. The Morgan fingerprint density at radius 2 is 2.19 bits per heavy atom. The van der Waals surface area contributed by atoms with Crippen LogP contribution < -0.4 is 5.32 Å². The molecule has 1 heterocycles. The van der Waals surface area contributed by atoms with Crippen molar-refractivity contribution in [3.63, 3.8) is 0 Å². The Morgan fingerprint density at radius 1 is 1.56 bits per heavy atom. The number of hydrogen-bond acceptors (Lipinski definition) is 2. The van der Waals surface area contributed by atoms with Gasteiger partial charge in [-0.1, -0.05) is 32.4 Å². The number of pyridine rings is 1. The fourth-order valence-electron chi connectivity index (χ4n) is 1.09. The predicted molar refractivity (Wildman–Crippen MR) is 66.7 cm³/mol. The van der Waals surface area contributed by atoms with Crippen LogP contribution in [0.15, 0.2) is 12.3 Å². The molecule has 1 amide bonds. The minimum atomic E-state index is -0.396. The molecule has 0 saturated heterocycles. The summed E-state index contributed by atoms with van der Waals surface area (Å²) >= 11 is 5.91. The largest absolute Gasteiger partial charge is 0.323 e. The Morgan fingerprint density at radius 3 is 2.75 bits per heavy atom. The maximum atomic E-state index is 11.9. The first kappa shape index (κ1) is 13.0. The SMILES string of the molecule is CCC(C)(C)C(=O)Nc1cc(C)cnc1Cl. The lowest BCUT2D eigenvalue weighted by atomic mass is 9.89. The summed E-state index contributed by atoms with van der Waals surface area (Å²) in [7, 11) is 0. The topological polar surface area (TPSA) is 42.0 Å². The fraction of sp³-hybridized carbons (Fsp3) is 0.500. The normalized spacial score (nSPS) is 11.3. The van der Waals surface area contributed by atoms with Crippen molar-refractivity contribution in [2.24, 2.45) is 5.41 Å². The summed E-state index contributed by atoms with van der Waals surface area (Å²) in [4.78, 5) is 15.9. The first-order chi connectivity index (χ1) is 7.36. The summed E-state index contributed by atoms with van der Waals surface area (Å²) in [5.74, 6) is -0.0377. The monoisotopic (exact) mass is 240 g/mol. The first-order valence-electron chi connectivity index (χ1n) is 5.30. The molecular weight excluding hydrogens is 224 g/mol. The molecule has 0 bridgehead atoms. The number of nitrogens with zero attached hydrogens (tertiary/aromatic N) is 1. The molecule has 0 aliphatic carbocycles. The second kappa shape index (κ2) is 4.83. The Hall–Kier alpha value is -1.09. The Balaban J connectivity index is 2.89. The van der Waals surface area contributed by atoms with E-state index in [0.29, 0.717) is 10.8 Å². The smallest absolute Gasteiger partial charge is 0.230 e. The van der Waals surface area contributed by atoms with Crippen molar-refractivity contribution in [1.29, 1.82) is 0 Å². The van der Waals surface area contributed by atoms with Gasteiger partial charge in [0, 0.05) is 11.6 Å². The zero-order chi connectivity index (χ0) is 12.3. The molecule has 0 atom stereocenters. The van der Waals surface area contributed by atoms with E-state index in [1.807, 2.05) is 33.8 Å². The van der Waals surface area contributed by atoms with Crippen molar-refractivity contribution >= 4 is 23.2 Å². The lowest BCUT2D eigenvalue weighted by Crippen LogP contribution is -2.30. The summed E-state index contributed by atoms with van der Waals surface area (Å²) in [5, 5.41) is 3.13. The van der Waals surface area contributed by atoms with Crippen molar-refractivity contribution in [3.8, 4) is 0 Å². The number of aryl methyl sites for hydroxylation is 1. The maximum absolute atomic E-state index is 11.9. The average Bonchev–Trinajstić information content (AvgIpc) is 2.23. The summed E-state index contributed by atoms with van der Waals surface area (Å²) < 4.78 is 0. The molecule has 0 fully saturated rings. The van der Waals surface area contributed by atoms with Crippen LogP contribution in [0.1, 0.15) is 32.8 Å². The molecular formula is C12H17ClN2O. The minimum absolute atomic E-state index is 0.0377. The number of carbonyl (C=O) groups excluding carboxylic acids is 1. The predicted octanol–water partition coefficient (Wildman–Crippen LogP) is 3.42. The highest BCUT2D eigenvalue weighted by Crippen LogP contribution is 2.25. The van der Waals surface area contributed by atoms with Gasteiger partial charge in [-0.25, -0.2) is 4.98 Å². The molecule has 0 aromatic carbocycles. The van der Waals surface area contributed by atoms with Crippen molar-refractivity contribution in [1.82, 2.24) is 4.98 Å². The second-order valence-electron chi connectivity index (χ2n) is 4.54. The highest BCUT2D eigenvalue weighted by molar-refractivity contribution is 6.32. The number of rotatable bonds is 3. The Kier molecular flexibility index (Phi) is 3.92. The van der Waals surface area contributed by atoms with Crippen molar-refractivity contribution < 1.29 is 4.79 Å². The third kappa shape index (κ3) is 2.95. The molecule has 0 aliphatic heterocycles. The molecule has 3 nitrogen and oxygen atoms in total. The molecule has 4 heteroatoms. The summed E-state index contributed by atoms with van der Waals surface area (Å²) in [5.41, 5.74) is 1.15. The van der Waals surface area contributed by atoms with Crippen LogP contribution in [-0.4, -0.2) is 10.9 Å². The van der Waals surface area contributed by atoms with Crippen molar-refractivity contribution in [2.45, 2.75) is 34.1 Å². The van der Waals surface area contributed by atoms with Crippen molar-refractivity contribution in [3.05, 3.63) is 23.0 Å². The minimum Gasteiger partial charge on any atom is -0.323 e. The van der Waals surface area contributed by atoms with Gasteiger partial charge in [-0.3, -0.25) is 4.79 Å². The van der Waals surface area contributed by atoms with Crippen LogP contribution in [0, 0.1) is 12.3 Å². The van der Waals surface area contributed by atoms with Crippen LogP contribution in [0.3, 0.4) is 0 Å². The molecule has 0 aliphatic rings. The molecule has 1 rings (SSSR count). The lowest BCUT2D eigenvalue weighted by Gasteiger charge is -2.21. The highest BCUT2D eigenvalue weighted by Gasteiger charge is 2.25. The molecule has 1 aromatic heterocycles. The Labute approximate surface area is 101 Å². The van der Waals surface area contributed by atoms with Crippen LogP contribution in [-0.2, 0) is 4.79 Å². The van der Waals surface area contributed by atoms with Crippen LogP contribution in [0.4, 0.5) is 5.69 Å². The average molecular weight is 241 g/mol. The van der Waals surface area contributed by atoms with Gasteiger partial charge in [0.1, 0.15) is 0 Å². The molecule has 1 N–H and O–H groups in total. The van der Waals surface area contributed by atoms with Gasteiger partial charge in [0.2, 0.25) is 5.91 Å². The van der Waals surface area contributed by atoms with Gasteiger partial charge < -0.3 is 5.32 Å². The van der Waals surface area contributed by atoms with Gasteiger partial charge >= 0.3 is 0 Å². The third-order valence-electron chi connectivity index (χ3n) is 2.72. The van der Waals surface area contributed by atoms with Gasteiger partial charge in [-0.05, 0) is 25.0 Å². The number of anilines is 1. The highest BCUT2D eigenvalue weighted by atomic mass is 35.5. The summed E-state index contributed by atoms with van der Waals surface area (Å²) in [6.45, 7) is 7.69. The van der Waals surface area contributed by atoms with Crippen LogP contribution >= 0.6 is 11.6 Å². The van der Waals surface area contributed by atoms with E-state index in [1.165, 1.54) is 0 Å². The van der Waals surface area contributed by atoms with Crippen LogP contribution in [0.25, 0.3) is 0 Å². The van der Waals surface area contributed by atoms with Gasteiger partial charge in [-0.15, -0.1) is 0 Å². The van der Waals surface area contributed by atoms with E-state index in [0.717, 1.165) is 12.0 Å². The van der Waals surface area contributed by atoms with Crippen LogP contribution in [0.2, 0.25) is 5.15 Å². The van der Waals surface area contributed by atoms with E-state index in [-0.39, 0.29) is 5.91 Å². The number of aromatic nitrogens is 1. The molecule has 88 valence electrons. The standard InChI is InChI=1S/C12H17ClN2O/c1-5-12(3,4)11(16)15-9-6-8(2)7-14-10(9)13/h6-7H,5H2,1-4H3,(H,15,16). The number of hydrogen-bond donors (Lipinski definition) is 1.